The van der Waals surface area contributed by atoms with E-state index in [1.54, 1.807) is 24.4 Å². The number of piperidine rings is 1. The number of amides is 1. The summed E-state index contributed by atoms with van der Waals surface area (Å²) in [7, 11) is 0. The summed E-state index contributed by atoms with van der Waals surface area (Å²) in [5.74, 6) is -0.184. The van der Waals surface area contributed by atoms with Crippen LogP contribution in [0.1, 0.15) is 37.2 Å². The molecule has 1 aromatic heterocycles. The number of benzene rings is 1. The number of hydrogen-bond donors (Lipinski definition) is 3. The summed E-state index contributed by atoms with van der Waals surface area (Å²) in [5, 5.41) is 13.9. The Morgan fingerprint density at radius 2 is 1.92 bits per heavy atom. The van der Waals surface area contributed by atoms with E-state index >= 15 is 0 Å². The number of hydrogen-bond acceptors (Lipinski definition) is 4. The van der Waals surface area contributed by atoms with Crippen LogP contribution in [-0.2, 0) is 0 Å². The number of halogens is 2. The van der Waals surface area contributed by atoms with Gasteiger partial charge < -0.3 is 15.5 Å². The van der Waals surface area contributed by atoms with Crippen LogP contribution in [0, 0.1) is 0 Å². The third kappa shape index (κ3) is 4.31. The topological polar surface area (TPSA) is 73.0 Å². The van der Waals surface area contributed by atoms with Crippen LogP contribution in [0.15, 0.2) is 24.4 Å². The largest absolute Gasteiger partial charge is 0.350 e. The molecule has 8 heteroatoms. The SMILES string of the molecule is CC(C)N1CCC(NC(=O)c2[nH]ncc2Nc2c(Cl)cccc2Cl)CC1. The zero-order valence-corrected chi connectivity index (χ0v) is 16.4. The molecule has 0 bridgehead atoms. The highest BCUT2D eigenvalue weighted by atomic mass is 35.5. The maximum atomic E-state index is 12.7. The van der Waals surface area contributed by atoms with Gasteiger partial charge in [0.2, 0.25) is 0 Å². The Hall–Kier alpha value is -1.76. The Balaban J connectivity index is 1.66. The van der Waals surface area contributed by atoms with Gasteiger partial charge in [0.25, 0.3) is 5.91 Å². The first kappa shape index (κ1) is 19.0. The number of rotatable bonds is 5. The van der Waals surface area contributed by atoms with Gasteiger partial charge in [-0.05, 0) is 38.8 Å². The van der Waals surface area contributed by atoms with E-state index in [9.17, 15) is 4.79 Å². The van der Waals surface area contributed by atoms with Crippen molar-refractivity contribution in [1.29, 1.82) is 0 Å². The Labute approximate surface area is 163 Å². The molecule has 0 spiro atoms. The number of H-pyrrole nitrogens is 1. The van der Waals surface area contributed by atoms with Gasteiger partial charge in [0.1, 0.15) is 5.69 Å². The normalized spacial score (nSPS) is 16.0. The van der Waals surface area contributed by atoms with Crippen LogP contribution in [0.3, 0.4) is 0 Å². The van der Waals surface area contributed by atoms with Crippen molar-refractivity contribution in [2.45, 2.75) is 38.8 Å². The van der Waals surface area contributed by atoms with E-state index in [1.807, 2.05) is 0 Å². The molecule has 1 aliphatic rings. The number of nitrogens with zero attached hydrogens (tertiary/aromatic N) is 2. The highest BCUT2D eigenvalue weighted by Gasteiger charge is 2.24. The minimum atomic E-state index is -0.184. The van der Waals surface area contributed by atoms with Crippen molar-refractivity contribution in [3.05, 3.63) is 40.1 Å². The fourth-order valence-corrected chi connectivity index (χ4v) is 3.62. The highest BCUT2D eigenvalue weighted by Crippen LogP contribution is 2.33. The van der Waals surface area contributed by atoms with Crippen molar-refractivity contribution in [3.8, 4) is 0 Å². The molecule has 0 radical (unpaired) electrons. The third-order valence-corrected chi connectivity index (χ3v) is 5.31. The first-order chi connectivity index (χ1) is 12.5. The fourth-order valence-electron chi connectivity index (χ4n) is 3.12. The maximum Gasteiger partial charge on any atom is 0.271 e. The summed E-state index contributed by atoms with van der Waals surface area (Å²) in [6.45, 7) is 6.38. The van der Waals surface area contributed by atoms with Gasteiger partial charge in [-0.1, -0.05) is 29.3 Å². The minimum absolute atomic E-state index is 0.164. The smallest absolute Gasteiger partial charge is 0.271 e. The molecule has 26 heavy (non-hydrogen) atoms. The molecule has 140 valence electrons. The lowest BCUT2D eigenvalue weighted by Gasteiger charge is -2.34. The van der Waals surface area contributed by atoms with Gasteiger partial charge >= 0.3 is 0 Å². The molecular formula is C18H23Cl2N5O. The Morgan fingerprint density at radius 3 is 2.54 bits per heavy atom. The van der Waals surface area contributed by atoms with Gasteiger partial charge in [0.05, 0.1) is 27.6 Å². The molecule has 1 aliphatic heterocycles. The number of carbonyl (C=O) groups is 1. The Kier molecular flexibility index (Phi) is 6.06. The van der Waals surface area contributed by atoms with Crippen molar-refractivity contribution >= 4 is 40.5 Å². The van der Waals surface area contributed by atoms with Crippen LogP contribution in [0.25, 0.3) is 0 Å². The predicted molar refractivity (Wildman–Crippen MR) is 106 cm³/mol. The molecular weight excluding hydrogens is 373 g/mol. The van der Waals surface area contributed by atoms with Gasteiger partial charge in [0.15, 0.2) is 0 Å². The first-order valence-corrected chi connectivity index (χ1v) is 9.50. The first-order valence-electron chi connectivity index (χ1n) is 8.75. The van der Waals surface area contributed by atoms with Crippen LogP contribution in [0.5, 0.6) is 0 Å². The molecule has 1 saturated heterocycles. The molecule has 0 aliphatic carbocycles. The number of carbonyl (C=O) groups excluding carboxylic acids is 1. The second-order valence-corrected chi connectivity index (χ2v) is 7.57. The minimum Gasteiger partial charge on any atom is -0.350 e. The summed E-state index contributed by atoms with van der Waals surface area (Å²) in [5.41, 5.74) is 1.46. The van der Waals surface area contributed by atoms with Crippen LogP contribution in [0.4, 0.5) is 11.4 Å². The number of anilines is 2. The van der Waals surface area contributed by atoms with Gasteiger partial charge in [-0.25, -0.2) is 0 Å². The second kappa shape index (κ2) is 8.29. The predicted octanol–water partition coefficient (Wildman–Crippen LogP) is 4.06. The van der Waals surface area contributed by atoms with Crippen LogP contribution in [0.2, 0.25) is 10.0 Å². The summed E-state index contributed by atoms with van der Waals surface area (Å²) in [4.78, 5) is 15.1. The van der Waals surface area contributed by atoms with E-state index in [2.05, 4.69) is 39.6 Å². The zero-order chi connectivity index (χ0) is 18.7. The zero-order valence-electron chi connectivity index (χ0n) is 14.9. The Morgan fingerprint density at radius 1 is 1.27 bits per heavy atom. The Bertz CT molecular complexity index is 748. The molecule has 3 N–H and O–H groups in total. The van der Waals surface area contributed by atoms with E-state index in [-0.39, 0.29) is 11.9 Å². The maximum absolute atomic E-state index is 12.7. The average molecular weight is 396 g/mol. The van der Waals surface area contributed by atoms with Crippen molar-refractivity contribution in [1.82, 2.24) is 20.4 Å². The molecule has 0 unspecified atom stereocenters. The average Bonchev–Trinajstić information content (AvgIpc) is 3.07. The quantitative estimate of drug-likeness (QED) is 0.713. The lowest BCUT2D eigenvalue weighted by molar-refractivity contribution is 0.0896. The molecule has 1 aromatic carbocycles. The number of likely N-dealkylation sites (tertiary alicyclic amines) is 1. The van der Waals surface area contributed by atoms with Crippen molar-refractivity contribution in [2.75, 3.05) is 18.4 Å². The molecule has 1 fully saturated rings. The van der Waals surface area contributed by atoms with Crippen LogP contribution in [-0.4, -0.2) is 46.2 Å². The molecule has 6 nitrogen and oxygen atoms in total. The van der Waals surface area contributed by atoms with Crippen molar-refractivity contribution in [2.24, 2.45) is 0 Å². The monoisotopic (exact) mass is 395 g/mol. The lowest BCUT2D eigenvalue weighted by atomic mass is 10.0. The summed E-state index contributed by atoms with van der Waals surface area (Å²) >= 11 is 12.4. The van der Waals surface area contributed by atoms with Gasteiger partial charge in [-0.15, -0.1) is 0 Å². The van der Waals surface area contributed by atoms with E-state index in [1.165, 1.54) is 0 Å². The van der Waals surface area contributed by atoms with E-state index < -0.39 is 0 Å². The van der Waals surface area contributed by atoms with Crippen LogP contribution >= 0.6 is 23.2 Å². The molecule has 0 saturated carbocycles. The van der Waals surface area contributed by atoms with Crippen molar-refractivity contribution in [3.63, 3.8) is 0 Å². The summed E-state index contributed by atoms with van der Waals surface area (Å²) in [6.07, 6.45) is 3.43. The van der Waals surface area contributed by atoms with E-state index in [4.69, 9.17) is 23.2 Å². The lowest BCUT2D eigenvalue weighted by Crippen LogP contribution is -2.46. The standard InChI is InChI=1S/C18H23Cl2N5O/c1-11(2)25-8-6-12(7-9-25)22-18(26)17-15(10-21-24-17)23-16-13(19)4-3-5-14(16)20/h3-5,10-12,23H,6-9H2,1-2H3,(H,21,24)(H,22,26). The number of para-hydroxylation sites is 1. The molecule has 2 aromatic rings. The third-order valence-electron chi connectivity index (χ3n) is 4.68. The van der Waals surface area contributed by atoms with Crippen molar-refractivity contribution < 1.29 is 4.79 Å². The molecule has 0 atom stereocenters. The van der Waals surface area contributed by atoms with E-state index in [0.717, 1.165) is 25.9 Å². The van der Waals surface area contributed by atoms with Gasteiger partial charge in [-0.3, -0.25) is 9.89 Å². The van der Waals surface area contributed by atoms with E-state index in [0.29, 0.717) is 33.2 Å². The highest BCUT2D eigenvalue weighted by molar-refractivity contribution is 6.39. The van der Waals surface area contributed by atoms with Gasteiger partial charge in [-0.2, -0.15) is 5.10 Å². The number of nitrogens with one attached hydrogen (secondary N) is 3. The molecule has 3 rings (SSSR count). The van der Waals surface area contributed by atoms with Crippen LogP contribution < -0.4 is 10.6 Å². The summed E-state index contributed by atoms with van der Waals surface area (Å²) < 4.78 is 0. The number of aromatic amines is 1. The molecule has 1 amide bonds. The van der Waals surface area contributed by atoms with Gasteiger partial charge in [0, 0.05) is 25.2 Å². The number of aromatic nitrogens is 2. The second-order valence-electron chi connectivity index (χ2n) is 6.76. The fraction of sp³-hybridized carbons (Fsp3) is 0.444. The molecule has 2 heterocycles. The summed E-state index contributed by atoms with van der Waals surface area (Å²) in [6, 6.07) is 5.94.